The van der Waals surface area contributed by atoms with Gasteiger partial charge in [-0.2, -0.15) is 0 Å². The van der Waals surface area contributed by atoms with Gasteiger partial charge in [-0.1, -0.05) is 97.1 Å². The van der Waals surface area contributed by atoms with Crippen molar-refractivity contribution < 1.29 is 0 Å². The van der Waals surface area contributed by atoms with Gasteiger partial charge in [0.05, 0.1) is 0 Å². The fourth-order valence-electron chi connectivity index (χ4n) is 5.80. The van der Waals surface area contributed by atoms with Crippen LogP contribution in [0.1, 0.15) is 0 Å². The van der Waals surface area contributed by atoms with Crippen LogP contribution in [0, 0.1) is 0 Å². The lowest BCUT2D eigenvalue weighted by molar-refractivity contribution is 1.30. The van der Waals surface area contributed by atoms with Gasteiger partial charge in [0, 0.05) is 38.7 Å². The van der Waals surface area contributed by atoms with Gasteiger partial charge >= 0.3 is 0 Å². The second-order valence-corrected chi connectivity index (χ2v) is 11.5. The van der Waals surface area contributed by atoms with E-state index in [-0.39, 0.29) is 0 Å². The molecule has 0 aliphatic carbocycles. The maximum atomic E-state index is 4.62. The molecule has 0 amide bonds. The van der Waals surface area contributed by atoms with Gasteiger partial charge in [0.2, 0.25) is 0 Å². The molecule has 2 aromatic heterocycles. The van der Waals surface area contributed by atoms with Crippen LogP contribution in [-0.2, 0) is 0 Å². The van der Waals surface area contributed by atoms with Crippen molar-refractivity contribution in [1.29, 1.82) is 0 Å². The van der Waals surface area contributed by atoms with Gasteiger partial charge in [0.15, 0.2) is 0 Å². The van der Waals surface area contributed by atoms with Gasteiger partial charge in [0.1, 0.15) is 4.83 Å². The van der Waals surface area contributed by atoms with Crippen LogP contribution in [0.25, 0.3) is 53.3 Å². The number of thiophene rings is 1. The first kappa shape index (κ1) is 24.5. The number of aromatic nitrogens is 1. The zero-order valence-corrected chi connectivity index (χ0v) is 23.6. The van der Waals surface area contributed by atoms with E-state index in [4.69, 9.17) is 0 Å². The molecule has 2 nitrogen and oxygen atoms in total. The third-order valence-electron chi connectivity index (χ3n) is 7.91. The Bertz CT molecular complexity index is 2180. The zero-order valence-electron chi connectivity index (χ0n) is 22.8. The molecule has 0 radical (unpaired) electrons. The highest BCUT2D eigenvalue weighted by molar-refractivity contribution is 7.25. The minimum atomic E-state index is 1.07. The second-order valence-electron chi connectivity index (χ2n) is 10.5. The average molecular weight is 555 g/mol. The van der Waals surface area contributed by atoms with Gasteiger partial charge in [-0.25, -0.2) is 4.98 Å². The molecular formula is C39H26N2S. The van der Waals surface area contributed by atoms with Crippen molar-refractivity contribution in [2.45, 2.75) is 0 Å². The lowest BCUT2D eigenvalue weighted by Gasteiger charge is -2.26. The molecule has 8 aromatic rings. The van der Waals surface area contributed by atoms with E-state index >= 15 is 0 Å². The number of hydrogen-bond acceptors (Lipinski definition) is 3. The van der Waals surface area contributed by atoms with Crippen LogP contribution in [0.4, 0.5) is 17.1 Å². The maximum absolute atomic E-state index is 4.62. The molecule has 0 spiro atoms. The van der Waals surface area contributed by atoms with Crippen LogP contribution in [0.5, 0.6) is 0 Å². The summed E-state index contributed by atoms with van der Waals surface area (Å²) in [4.78, 5) is 8.05. The summed E-state index contributed by atoms with van der Waals surface area (Å²) in [6.45, 7) is 0. The van der Waals surface area contributed by atoms with E-state index in [1.165, 1.54) is 48.5 Å². The minimum Gasteiger partial charge on any atom is -0.310 e. The quantitative estimate of drug-likeness (QED) is 0.210. The smallest absolute Gasteiger partial charge is 0.124 e. The van der Waals surface area contributed by atoms with E-state index in [1.807, 2.05) is 12.3 Å². The van der Waals surface area contributed by atoms with Crippen molar-refractivity contribution in [3.8, 4) is 22.3 Å². The Morgan fingerprint density at radius 3 is 1.83 bits per heavy atom. The summed E-state index contributed by atoms with van der Waals surface area (Å²) in [6.07, 6.45) is 1.87. The molecule has 0 aliphatic heterocycles. The molecule has 198 valence electrons. The van der Waals surface area contributed by atoms with Crippen LogP contribution in [0.15, 0.2) is 158 Å². The predicted molar refractivity (Wildman–Crippen MR) is 180 cm³/mol. The van der Waals surface area contributed by atoms with E-state index in [0.29, 0.717) is 0 Å². The third kappa shape index (κ3) is 4.41. The number of rotatable bonds is 5. The number of nitrogens with zero attached hydrogens (tertiary/aromatic N) is 2. The molecule has 3 heteroatoms. The molecule has 8 rings (SSSR count). The number of fused-ring (bicyclic) bond motifs is 4. The van der Waals surface area contributed by atoms with E-state index < -0.39 is 0 Å². The Balaban J connectivity index is 1.28. The Morgan fingerprint density at radius 1 is 0.429 bits per heavy atom. The molecule has 42 heavy (non-hydrogen) atoms. The molecule has 2 heterocycles. The normalized spacial score (nSPS) is 11.3. The lowest BCUT2D eigenvalue weighted by Crippen LogP contribution is -2.09. The van der Waals surface area contributed by atoms with Crippen molar-refractivity contribution >= 4 is 59.5 Å². The lowest BCUT2D eigenvalue weighted by atomic mass is 10.0. The van der Waals surface area contributed by atoms with Crippen molar-refractivity contribution in [2.75, 3.05) is 4.90 Å². The number of benzene rings is 6. The van der Waals surface area contributed by atoms with E-state index in [2.05, 4.69) is 155 Å². The highest BCUT2D eigenvalue weighted by atomic mass is 32.1. The summed E-state index contributed by atoms with van der Waals surface area (Å²) in [6, 6.07) is 54.5. The van der Waals surface area contributed by atoms with Crippen LogP contribution in [-0.4, -0.2) is 4.98 Å². The van der Waals surface area contributed by atoms with Crippen molar-refractivity contribution in [2.24, 2.45) is 0 Å². The number of pyridine rings is 1. The summed E-state index contributed by atoms with van der Waals surface area (Å²) in [5.41, 5.74) is 8.23. The van der Waals surface area contributed by atoms with E-state index in [1.54, 1.807) is 11.3 Å². The van der Waals surface area contributed by atoms with Crippen LogP contribution < -0.4 is 4.90 Å². The molecule has 0 saturated heterocycles. The van der Waals surface area contributed by atoms with Crippen molar-refractivity contribution in [3.05, 3.63) is 158 Å². The summed E-state index contributed by atoms with van der Waals surface area (Å²) in [5.74, 6) is 0. The maximum Gasteiger partial charge on any atom is 0.124 e. The number of anilines is 3. The summed E-state index contributed by atoms with van der Waals surface area (Å²) < 4.78 is 1.24. The fraction of sp³-hybridized carbons (Fsp3) is 0. The Morgan fingerprint density at radius 2 is 1.05 bits per heavy atom. The van der Waals surface area contributed by atoms with Gasteiger partial charge in [-0.05, 0) is 87.6 Å². The van der Waals surface area contributed by atoms with Crippen LogP contribution in [0.2, 0.25) is 0 Å². The molecule has 0 fully saturated rings. The van der Waals surface area contributed by atoms with Gasteiger partial charge < -0.3 is 4.90 Å². The van der Waals surface area contributed by atoms with E-state index in [9.17, 15) is 0 Å². The van der Waals surface area contributed by atoms with Gasteiger partial charge in [0.25, 0.3) is 0 Å². The van der Waals surface area contributed by atoms with Crippen LogP contribution >= 0.6 is 11.3 Å². The second kappa shape index (κ2) is 10.3. The van der Waals surface area contributed by atoms with Gasteiger partial charge in [-0.3, -0.25) is 0 Å². The first-order valence-electron chi connectivity index (χ1n) is 14.1. The van der Waals surface area contributed by atoms with E-state index in [0.717, 1.165) is 21.9 Å². The first-order valence-corrected chi connectivity index (χ1v) is 14.9. The van der Waals surface area contributed by atoms with Crippen molar-refractivity contribution in [1.82, 2.24) is 4.98 Å². The first-order chi connectivity index (χ1) is 20.8. The molecule has 0 saturated carbocycles. The highest BCUT2D eigenvalue weighted by Gasteiger charge is 2.16. The van der Waals surface area contributed by atoms with Gasteiger partial charge in [-0.15, -0.1) is 11.3 Å². The third-order valence-corrected chi connectivity index (χ3v) is 8.99. The Labute approximate surface area is 248 Å². The molecule has 0 N–H and O–H groups in total. The number of hydrogen-bond donors (Lipinski definition) is 0. The topological polar surface area (TPSA) is 16.1 Å². The molecule has 0 unspecified atom stereocenters. The molecule has 0 bridgehead atoms. The summed E-state index contributed by atoms with van der Waals surface area (Å²) in [7, 11) is 0. The standard InChI is InChI=1S/C39H26N2S/c1-3-8-27(9-4-1)29-15-18-33(19-16-29)41(35-21-22-36-37-12-7-23-40-39(37)42-38(36)26-35)34-20-17-30-13-14-31(24-32(30)25-34)28-10-5-2-6-11-28/h1-26H. The van der Waals surface area contributed by atoms with Crippen LogP contribution in [0.3, 0.4) is 0 Å². The molecule has 0 atom stereocenters. The highest BCUT2D eigenvalue weighted by Crippen LogP contribution is 2.41. The zero-order chi connectivity index (χ0) is 27.9. The SMILES string of the molecule is c1ccc(-c2ccc(N(c3ccc4ccc(-c5ccccc5)cc4c3)c3ccc4c(c3)sc3ncccc34)cc2)cc1. The van der Waals surface area contributed by atoms with Crippen molar-refractivity contribution in [3.63, 3.8) is 0 Å². The molecule has 0 aliphatic rings. The molecular weight excluding hydrogens is 529 g/mol. The summed E-state index contributed by atoms with van der Waals surface area (Å²) in [5, 5.41) is 4.90. The Kier molecular flexibility index (Phi) is 6.02. The fourth-order valence-corrected chi connectivity index (χ4v) is 6.88. The largest absolute Gasteiger partial charge is 0.310 e. The minimum absolute atomic E-state index is 1.07. The monoisotopic (exact) mass is 554 g/mol. The summed E-state index contributed by atoms with van der Waals surface area (Å²) >= 11 is 1.75. The average Bonchev–Trinajstić information content (AvgIpc) is 3.44. The molecule has 6 aromatic carbocycles. The Hall–Kier alpha value is -5.25. The predicted octanol–water partition coefficient (Wildman–Crippen LogP) is 11.4.